The van der Waals surface area contributed by atoms with Crippen molar-refractivity contribution in [1.29, 1.82) is 0 Å². The van der Waals surface area contributed by atoms with Crippen molar-refractivity contribution in [1.82, 2.24) is 14.9 Å². The van der Waals surface area contributed by atoms with Crippen molar-refractivity contribution in [2.45, 2.75) is 32.4 Å². The van der Waals surface area contributed by atoms with Crippen LogP contribution in [0.1, 0.15) is 46.1 Å². The Balaban J connectivity index is 1.55. The van der Waals surface area contributed by atoms with E-state index < -0.39 is 0 Å². The first-order valence-corrected chi connectivity index (χ1v) is 10.1. The Bertz CT molecular complexity index is 971. The van der Waals surface area contributed by atoms with E-state index in [4.69, 9.17) is 0 Å². The van der Waals surface area contributed by atoms with Crippen LogP contribution in [0.3, 0.4) is 0 Å². The van der Waals surface area contributed by atoms with Crippen LogP contribution in [0.4, 0.5) is 5.69 Å². The van der Waals surface area contributed by atoms with Gasteiger partial charge in [-0.3, -0.25) is 14.8 Å². The molecule has 3 aromatic rings. The first kappa shape index (κ1) is 19.1. The quantitative estimate of drug-likeness (QED) is 0.644. The molecule has 1 aliphatic carbocycles. The number of carbonyl (C=O) groups excluding carboxylic acids is 1. The van der Waals surface area contributed by atoms with Gasteiger partial charge in [-0.2, -0.15) is 0 Å². The van der Waals surface area contributed by atoms with Gasteiger partial charge in [0.25, 0.3) is 5.91 Å². The number of carbonyl (C=O) groups is 1. The van der Waals surface area contributed by atoms with Crippen molar-refractivity contribution in [3.8, 4) is 0 Å². The molecule has 1 aromatic carbocycles. The van der Waals surface area contributed by atoms with Crippen molar-refractivity contribution in [3.05, 3.63) is 89.5 Å². The van der Waals surface area contributed by atoms with Crippen molar-refractivity contribution >= 4 is 11.6 Å². The number of amides is 1. The molecule has 0 saturated heterocycles. The third-order valence-electron chi connectivity index (χ3n) is 5.57. The van der Waals surface area contributed by atoms with Crippen LogP contribution in [-0.2, 0) is 6.54 Å². The largest absolute Gasteiger partial charge is 0.381 e. The molecule has 5 nitrogen and oxygen atoms in total. The molecule has 4 rings (SSSR count). The SMILES string of the molecule is Cc1c(NCc2cccnc2)cccc1C(=O)N(C)[C@@H](c1ccccn1)C1CC1. The number of hydrogen-bond donors (Lipinski definition) is 1. The van der Waals surface area contributed by atoms with Crippen LogP contribution in [0.25, 0.3) is 0 Å². The van der Waals surface area contributed by atoms with Gasteiger partial charge >= 0.3 is 0 Å². The highest BCUT2D eigenvalue weighted by Crippen LogP contribution is 2.44. The predicted octanol–water partition coefficient (Wildman–Crippen LogP) is 4.62. The molecular formula is C24H26N4O. The van der Waals surface area contributed by atoms with Gasteiger partial charge in [0.15, 0.2) is 0 Å². The Morgan fingerprint density at radius 2 is 2.00 bits per heavy atom. The van der Waals surface area contributed by atoms with E-state index >= 15 is 0 Å². The molecule has 1 atom stereocenters. The van der Waals surface area contributed by atoms with Crippen molar-refractivity contribution < 1.29 is 4.79 Å². The second kappa shape index (κ2) is 8.43. The molecule has 1 N–H and O–H groups in total. The van der Waals surface area contributed by atoms with E-state index in [0.29, 0.717) is 12.5 Å². The van der Waals surface area contributed by atoms with Crippen molar-refractivity contribution in [2.75, 3.05) is 12.4 Å². The number of benzene rings is 1. The van der Waals surface area contributed by atoms with Crippen LogP contribution in [0, 0.1) is 12.8 Å². The van der Waals surface area contributed by atoms with E-state index in [0.717, 1.165) is 40.9 Å². The minimum absolute atomic E-state index is 0.0232. The summed E-state index contributed by atoms with van der Waals surface area (Å²) in [6.45, 7) is 2.67. The van der Waals surface area contributed by atoms with E-state index in [-0.39, 0.29) is 11.9 Å². The standard InChI is InChI=1S/C24H26N4O/c1-17-20(8-5-10-21(17)27-16-18-7-6-13-25-15-18)24(29)28(2)23(19-11-12-19)22-9-3-4-14-26-22/h3-10,13-15,19,23,27H,11-12,16H2,1-2H3/t23-/m1/s1. The molecule has 148 valence electrons. The molecule has 2 aromatic heterocycles. The highest BCUT2D eigenvalue weighted by molar-refractivity contribution is 5.97. The lowest BCUT2D eigenvalue weighted by Gasteiger charge is -2.29. The molecule has 29 heavy (non-hydrogen) atoms. The van der Waals surface area contributed by atoms with Gasteiger partial charge in [-0.25, -0.2) is 0 Å². The van der Waals surface area contributed by atoms with E-state index in [2.05, 4.69) is 15.3 Å². The van der Waals surface area contributed by atoms with Crippen LogP contribution in [0.5, 0.6) is 0 Å². The van der Waals surface area contributed by atoms with Crippen LogP contribution in [-0.4, -0.2) is 27.8 Å². The monoisotopic (exact) mass is 386 g/mol. The normalized spacial score (nSPS) is 14.3. The first-order valence-electron chi connectivity index (χ1n) is 10.1. The van der Waals surface area contributed by atoms with E-state index in [1.807, 2.05) is 73.6 Å². The zero-order valence-electron chi connectivity index (χ0n) is 16.9. The maximum atomic E-state index is 13.4. The summed E-state index contributed by atoms with van der Waals surface area (Å²) in [4.78, 5) is 23.9. The van der Waals surface area contributed by atoms with E-state index in [9.17, 15) is 4.79 Å². The highest BCUT2D eigenvalue weighted by atomic mass is 16.2. The molecule has 5 heteroatoms. The smallest absolute Gasteiger partial charge is 0.254 e. The van der Waals surface area contributed by atoms with Gasteiger partial charge < -0.3 is 10.2 Å². The van der Waals surface area contributed by atoms with E-state index in [1.54, 1.807) is 12.4 Å². The maximum Gasteiger partial charge on any atom is 0.254 e. The average molecular weight is 386 g/mol. The van der Waals surface area contributed by atoms with Crippen LogP contribution in [0.2, 0.25) is 0 Å². The van der Waals surface area contributed by atoms with Gasteiger partial charge in [0, 0.05) is 43.4 Å². The Morgan fingerprint density at radius 3 is 2.69 bits per heavy atom. The fourth-order valence-corrected chi connectivity index (χ4v) is 3.79. The number of pyridine rings is 2. The lowest BCUT2D eigenvalue weighted by atomic mass is 10.0. The summed E-state index contributed by atoms with van der Waals surface area (Å²) in [5.74, 6) is 0.529. The number of nitrogens with one attached hydrogen (secondary N) is 1. The van der Waals surface area contributed by atoms with Crippen molar-refractivity contribution in [2.24, 2.45) is 5.92 Å². The molecule has 0 radical (unpaired) electrons. The molecule has 0 spiro atoms. The zero-order valence-corrected chi connectivity index (χ0v) is 16.9. The minimum atomic E-state index is 0.0232. The summed E-state index contributed by atoms with van der Waals surface area (Å²) in [5, 5.41) is 3.44. The summed E-state index contributed by atoms with van der Waals surface area (Å²) in [6.07, 6.45) is 7.70. The zero-order chi connectivity index (χ0) is 20.2. The molecule has 0 aliphatic heterocycles. The van der Waals surface area contributed by atoms with Gasteiger partial charge in [0.2, 0.25) is 0 Å². The maximum absolute atomic E-state index is 13.4. The second-order valence-corrected chi connectivity index (χ2v) is 7.65. The number of aromatic nitrogens is 2. The average Bonchev–Trinajstić information content (AvgIpc) is 3.59. The van der Waals surface area contributed by atoms with Gasteiger partial charge in [0.1, 0.15) is 0 Å². The lowest BCUT2D eigenvalue weighted by Crippen LogP contribution is -2.33. The third kappa shape index (κ3) is 4.29. The number of anilines is 1. The Labute approximate surface area is 171 Å². The van der Waals surface area contributed by atoms with Gasteiger partial charge in [-0.05, 0) is 67.1 Å². The summed E-state index contributed by atoms with van der Waals surface area (Å²) in [6, 6.07) is 15.8. The lowest BCUT2D eigenvalue weighted by molar-refractivity contribution is 0.0706. The summed E-state index contributed by atoms with van der Waals surface area (Å²) in [7, 11) is 1.90. The van der Waals surface area contributed by atoms with Gasteiger partial charge in [0.05, 0.1) is 11.7 Å². The third-order valence-corrected chi connectivity index (χ3v) is 5.57. The molecular weight excluding hydrogens is 360 g/mol. The predicted molar refractivity (Wildman–Crippen MR) is 115 cm³/mol. The second-order valence-electron chi connectivity index (χ2n) is 7.65. The minimum Gasteiger partial charge on any atom is -0.381 e. The highest BCUT2D eigenvalue weighted by Gasteiger charge is 2.38. The topological polar surface area (TPSA) is 58.1 Å². The van der Waals surface area contributed by atoms with Crippen LogP contribution >= 0.6 is 0 Å². The molecule has 1 amide bonds. The summed E-state index contributed by atoms with van der Waals surface area (Å²) >= 11 is 0. The van der Waals surface area contributed by atoms with Crippen LogP contribution in [0.15, 0.2) is 67.1 Å². The molecule has 1 fully saturated rings. The summed E-state index contributed by atoms with van der Waals surface area (Å²) in [5.41, 5.74) is 4.72. The Kier molecular flexibility index (Phi) is 5.56. The molecule has 0 bridgehead atoms. The van der Waals surface area contributed by atoms with Crippen molar-refractivity contribution in [3.63, 3.8) is 0 Å². The Hall–Kier alpha value is -3.21. The van der Waals surface area contributed by atoms with Gasteiger partial charge in [-0.15, -0.1) is 0 Å². The number of nitrogens with zero attached hydrogens (tertiary/aromatic N) is 3. The van der Waals surface area contributed by atoms with Crippen LogP contribution < -0.4 is 5.32 Å². The molecule has 1 saturated carbocycles. The Morgan fingerprint density at radius 1 is 1.14 bits per heavy atom. The number of hydrogen-bond acceptors (Lipinski definition) is 4. The summed E-state index contributed by atoms with van der Waals surface area (Å²) < 4.78 is 0. The number of rotatable bonds is 7. The van der Waals surface area contributed by atoms with E-state index in [1.165, 1.54) is 0 Å². The molecule has 2 heterocycles. The fourth-order valence-electron chi connectivity index (χ4n) is 3.79. The fraction of sp³-hybridized carbons (Fsp3) is 0.292. The molecule has 1 aliphatic rings. The molecule has 0 unspecified atom stereocenters. The van der Waals surface area contributed by atoms with Gasteiger partial charge in [-0.1, -0.05) is 18.2 Å². The first-order chi connectivity index (χ1) is 14.1.